The lowest BCUT2D eigenvalue weighted by Crippen LogP contribution is -2.09. The Hall–Kier alpha value is -1.03. The largest absolute Gasteiger partial charge is 0.478 e. The fourth-order valence-electron chi connectivity index (χ4n) is 2.13. The van der Waals surface area contributed by atoms with Crippen LogP contribution in [-0.4, -0.2) is 17.1 Å². The monoisotopic (exact) mass is 297 g/mol. The van der Waals surface area contributed by atoms with Crippen LogP contribution in [0.5, 0.6) is 0 Å². The van der Waals surface area contributed by atoms with E-state index in [1.54, 1.807) is 6.07 Å². The van der Waals surface area contributed by atoms with Crippen molar-refractivity contribution in [3.63, 3.8) is 0 Å². The van der Waals surface area contributed by atoms with E-state index < -0.39 is 5.97 Å². The molecule has 1 fully saturated rings. The number of nitrogens with one attached hydrogen (secondary N) is 1. The highest BCUT2D eigenvalue weighted by atomic mass is 79.9. The van der Waals surface area contributed by atoms with E-state index in [0.29, 0.717) is 17.5 Å². The Bertz CT molecular complexity index is 433. The molecule has 92 valence electrons. The first-order valence-electron chi connectivity index (χ1n) is 5.91. The molecule has 0 radical (unpaired) electrons. The van der Waals surface area contributed by atoms with Gasteiger partial charge in [-0.2, -0.15) is 0 Å². The standard InChI is InChI=1S/C13H16BrNO2/c1-2-3-8-6-12(8)15-11-5-4-9(14)7-10(11)13(16)17/h4-5,7-8,12,15H,2-3,6H2,1H3,(H,16,17). The Balaban J connectivity index is 2.08. The van der Waals surface area contributed by atoms with Gasteiger partial charge >= 0.3 is 5.97 Å². The summed E-state index contributed by atoms with van der Waals surface area (Å²) in [5, 5.41) is 12.5. The third-order valence-electron chi connectivity index (χ3n) is 3.13. The maximum atomic E-state index is 11.1. The van der Waals surface area contributed by atoms with Crippen molar-refractivity contribution in [1.29, 1.82) is 0 Å². The molecule has 0 saturated heterocycles. The molecule has 1 aromatic rings. The van der Waals surface area contributed by atoms with E-state index in [4.69, 9.17) is 5.11 Å². The second-order valence-electron chi connectivity index (χ2n) is 4.53. The molecular weight excluding hydrogens is 282 g/mol. The van der Waals surface area contributed by atoms with Crippen LogP contribution < -0.4 is 5.32 Å². The third kappa shape index (κ3) is 3.00. The molecule has 2 atom stereocenters. The summed E-state index contributed by atoms with van der Waals surface area (Å²) in [6.07, 6.45) is 3.56. The van der Waals surface area contributed by atoms with Gasteiger partial charge < -0.3 is 10.4 Å². The first-order valence-corrected chi connectivity index (χ1v) is 6.70. The number of carboxylic acids is 1. The van der Waals surface area contributed by atoms with Crippen LogP contribution in [0.2, 0.25) is 0 Å². The summed E-state index contributed by atoms with van der Waals surface area (Å²) in [7, 11) is 0. The summed E-state index contributed by atoms with van der Waals surface area (Å²) >= 11 is 3.29. The molecule has 2 rings (SSSR count). The number of anilines is 1. The van der Waals surface area contributed by atoms with Crippen molar-refractivity contribution >= 4 is 27.6 Å². The molecule has 1 aliphatic rings. The molecule has 0 aromatic heterocycles. The average molecular weight is 298 g/mol. The number of halogens is 1. The number of carboxylic acid groups (broad SMARTS) is 1. The molecule has 0 amide bonds. The topological polar surface area (TPSA) is 49.3 Å². The highest BCUT2D eigenvalue weighted by Crippen LogP contribution is 2.38. The molecule has 0 heterocycles. The number of hydrogen-bond donors (Lipinski definition) is 2. The summed E-state index contributed by atoms with van der Waals surface area (Å²) in [5.41, 5.74) is 1.06. The number of benzene rings is 1. The number of hydrogen-bond acceptors (Lipinski definition) is 2. The Kier molecular flexibility index (Phi) is 3.72. The fourth-order valence-corrected chi connectivity index (χ4v) is 2.49. The molecule has 0 bridgehead atoms. The van der Waals surface area contributed by atoms with Gasteiger partial charge in [0.25, 0.3) is 0 Å². The quantitative estimate of drug-likeness (QED) is 0.870. The first-order chi connectivity index (χ1) is 8.11. The van der Waals surface area contributed by atoms with E-state index >= 15 is 0 Å². The van der Waals surface area contributed by atoms with Crippen molar-refractivity contribution in [2.45, 2.75) is 32.2 Å². The Morgan fingerprint density at radius 1 is 1.59 bits per heavy atom. The van der Waals surface area contributed by atoms with Crippen molar-refractivity contribution in [3.05, 3.63) is 28.2 Å². The molecule has 1 saturated carbocycles. The van der Waals surface area contributed by atoms with Gasteiger partial charge in [-0.15, -0.1) is 0 Å². The second kappa shape index (κ2) is 5.08. The van der Waals surface area contributed by atoms with Gasteiger partial charge in [0.1, 0.15) is 0 Å². The molecule has 0 aliphatic heterocycles. The van der Waals surface area contributed by atoms with Crippen molar-refractivity contribution in [2.24, 2.45) is 5.92 Å². The maximum absolute atomic E-state index is 11.1. The third-order valence-corrected chi connectivity index (χ3v) is 3.63. The van der Waals surface area contributed by atoms with Crippen molar-refractivity contribution in [1.82, 2.24) is 0 Å². The zero-order chi connectivity index (χ0) is 12.4. The van der Waals surface area contributed by atoms with Crippen LogP contribution in [0.1, 0.15) is 36.5 Å². The zero-order valence-corrected chi connectivity index (χ0v) is 11.3. The number of aromatic carboxylic acids is 1. The highest BCUT2D eigenvalue weighted by molar-refractivity contribution is 9.10. The van der Waals surface area contributed by atoms with Crippen LogP contribution in [0, 0.1) is 5.92 Å². The normalized spacial score (nSPS) is 22.2. The molecule has 2 unspecified atom stereocenters. The van der Waals surface area contributed by atoms with Crippen LogP contribution in [0.3, 0.4) is 0 Å². The number of rotatable bonds is 5. The van der Waals surface area contributed by atoms with Crippen molar-refractivity contribution in [3.8, 4) is 0 Å². The van der Waals surface area contributed by atoms with Gasteiger partial charge in [0.15, 0.2) is 0 Å². The molecule has 1 aliphatic carbocycles. The SMILES string of the molecule is CCCC1CC1Nc1ccc(Br)cc1C(=O)O. The minimum absolute atomic E-state index is 0.335. The van der Waals surface area contributed by atoms with Gasteiger partial charge in [-0.1, -0.05) is 29.3 Å². The molecule has 17 heavy (non-hydrogen) atoms. The Morgan fingerprint density at radius 2 is 2.35 bits per heavy atom. The van der Waals surface area contributed by atoms with Crippen LogP contribution >= 0.6 is 15.9 Å². The minimum atomic E-state index is -0.888. The van der Waals surface area contributed by atoms with Crippen LogP contribution in [0.25, 0.3) is 0 Å². The fraction of sp³-hybridized carbons (Fsp3) is 0.462. The predicted molar refractivity (Wildman–Crippen MR) is 71.5 cm³/mol. The van der Waals surface area contributed by atoms with E-state index in [1.807, 2.05) is 12.1 Å². The van der Waals surface area contributed by atoms with Gasteiger partial charge in [-0.25, -0.2) is 4.79 Å². The second-order valence-corrected chi connectivity index (χ2v) is 5.45. The number of carbonyl (C=O) groups is 1. The van der Waals surface area contributed by atoms with E-state index in [-0.39, 0.29) is 0 Å². The molecule has 4 heteroatoms. The summed E-state index contributed by atoms with van der Waals surface area (Å²) in [4.78, 5) is 11.1. The molecular formula is C13H16BrNO2. The molecule has 1 aromatic carbocycles. The average Bonchev–Trinajstić information content (AvgIpc) is 2.99. The van der Waals surface area contributed by atoms with E-state index in [9.17, 15) is 4.79 Å². The van der Waals surface area contributed by atoms with Crippen LogP contribution in [0.15, 0.2) is 22.7 Å². The van der Waals surface area contributed by atoms with Crippen molar-refractivity contribution in [2.75, 3.05) is 5.32 Å². The highest BCUT2D eigenvalue weighted by Gasteiger charge is 2.36. The molecule has 2 N–H and O–H groups in total. The maximum Gasteiger partial charge on any atom is 0.337 e. The molecule has 0 spiro atoms. The Labute approximate surface area is 109 Å². The Morgan fingerprint density at radius 3 is 3.00 bits per heavy atom. The summed E-state index contributed by atoms with van der Waals surface area (Å²) in [6, 6.07) is 5.79. The smallest absolute Gasteiger partial charge is 0.337 e. The van der Waals surface area contributed by atoms with Crippen LogP contribution in [0.4, 0.5) is 5.69 Å². The minimum Gasteiger partial charge on any atom is -0.478 e. The van der Waals surface area contributed by atoms with Gasteiger partial charge in [-0.05, 0) is 37.0 Å². The van der Waals surface area contributed by atoms with Gasteiger partial charge in [0.2, 0.25) is 0 Å². The molecule has 3 nitrogen and oxygen atoms in total. The van der Waals surface area contributed by atoms with E-state index in [2.05, 4.69) is 28.2 Å². The van der Waals surface area contributed by atoms with E-state index in [1.165, 1.54) is 12.8 Å². The zero-order valence-electron chi connectivity index (χ0n) is 9.74. The first kappa shape index (κ1) is 12.4. The predicted octanol–water partition coefficient (Wildman–Crippen LogP) is 3.75. The van der Waals surface area contributed by atoms with Gasteiger partial charge in [0.05, 0.1) is 5.56 Å². The summed E-state index contributed by atoms with van der Waals surface area (Å²) in [6.45, 7) is 2.18. The van der Waals surface area contributed by atoms with E-state index in [0.717, 1.165) is 16.6 Å². The lowest BCUT2D eigenvalue weighted by Gasteiger charge is -2.09. The van der Waals surface area contributed by atoms with Crippen LogP contribution in [-0.2, 0) is 0 Å². The van der Waals surface area contributed by atoms with Gasteiger partial charge in [0, 0.05) is 16.2 Å². The van der Waals surface area contributed by atoms with Gasteiger partial charge in [-0.3, -0.25) is 0 Å². The summed E-state index contributed by atoms with van der Waals surface area (Å²) in [5.74, 6) is -0.174. The van der Waals surface area contributed by atoms with Crippen molar-refractivity contribution < 1.29 is 9.90 Å². The lowest BCUT2D eigenvalue weighted by molar-refractivity contribution is 0.0698. The summed E-state index contributed by atoms with van der Waals surface area (Å²) < 4.78 is 0.793. The lowest BCUT2D eigenvalue weighted by atomic mass is 10.1.